The molecule has 0 bridgehead atoms. The van der Waals surface area contributed by atoms with Crippen LogP contribution in [0.25, 0.3) is 0 Å². The van der Waals surface area contributed by atoms with Crippen LogP contribution in [0.3, 0.4) is 0 Å². The van der Waals surface area contributed by atoms with Crippen LogP contribution >= 0.6 is 11.8 Å². The summed E-state index contributed by atoms with van der Waals surface area (Å²) in [6.45, 7) is 0.766. The van der Waals surface area contributed by atoms with Gasteiger partial charge in [-0.25, -0.2) is 0 Å². The molecule has 6 heteroatoms. The summed E-state index contributed by atoms with van der Waals surface area (Å²) in [4.78, 5) is 12.1. The second-order valence-corrected chi connectivity index (χ2v) is 5.96. The molecule has 0 radical (unpaired) electrons. The maximum absolute atomic E-state index is 12.1. The molecule has 0 aromatic carbocycles. The fourth-order valence-corrected chi connectivity index (χ4v) is 3.36. The van der Waals surface area contributed by atoms with Gasteiger partial charge in [-0.1, -0.05) is 0 Å². The van der Waals surface area contributed by atoms with Crippen molar-refractivity contribution in [2.75, 3.05) is 19.3 Å². The second kappa shape index (κ2) is 6.24. The Hall–Kier alpha value is -1.01. The maximum atomic E-state index is 12.1. The number of nitrogens with zero attached hydrogens (tertiary/aromatic N) is 2. The largest absolute Gasteiger partial charge is 0.353 e. The maximum Gasteiger partial charge on any atom is 0.241 e. The molecular formula is C12H20N4OS. The molecule has 1 saturated heterocycles. The van der Waals surface area contributed by atoms with Crippen LogP contribution in [-0.4, -0.2) is 40.3 Å². The summed E-state index contributed by atoms with van der Waals surface area (Å²) in [7, 11) is 3.64. The van der Waals surface area contributed by atoms with Gasteiger partial charge < -0.3 is 10.6 Å². The molecule has 18 heavy (non-hydrogen) atoms. The highest BCUT2D eigenvalue weighted by molar-refractivity contribution is 8.00. The fourth-order valence-electron chi connectivity index (χ4n) is 2.16. The Bertz CT molecular complexity index is 401. The van der Waals surface area contributed by atoms with Gasteiger partial charge in [0, 0.05) is 30.6 Å². The van der Waals surface area contributed by atoms with Gasteiger partial charge in [-0.15, -0.1) is 0 Å². The highest BCUT2D eigenvalue weighted by Crippen LogP contribution is 2.25. The van der Waals surface area contributed by atoms with Crippen LogP contribution in [0.15, 0.2) is 12.4 Å². The first-order chi connectivity index (χ1) is 8.70. The van der Waals surface area contributed by atoms with E-state index in [4.69, 9.17) is 0 Å². The Kier molecular flexibility index (Phi) is 4.66. The molecule has 0 saturated carbocycles. The van der Waals surface area contributed by atoms with Crippen LogP contribution < -0.4 is 10.6 Å². The van der Waals surface area contributed by atoms with Crippen molar-refractivity contribution in [3.63, 3.8) is 0 Å². The van der Waals surface area contributed by atoms with E-state index in [1.54, 1.807) is 17.9 Å². The van der Waals surface area contributed by atoms with Crippen molar-refractivity contribution in [1.29, 1.82) is 0 Å². The number of nitrogens with one attached hydrogen (secondary N) is 2. The zero-order valence-corrected chi connectivity index (χ0v) is 11.7. The molecule has 1 aromatic rings. The smallest absolute Gasteiger partial charge is 0.241 e. The summed E-state index contributed by atoms with van der Waals surface area (Å²) in [5.74, 6) is 1.25. The van der Waals surface area contributed by atoms with E-state index < -0.39 is 0 Å². The Labute approximate surface area is 112 Å². The van der Waals surface area contributed by atoms with Crippen molar-refractivity contribution in [2.24, 2.45) is 7.05 Å². The molecule has 2 N–H and O–H groups in total. The molecule has 1 fully saturated rings. The molecule has 0 spiro atoms. The van der Waals surface area contributed by atoms with Gasteiger partial charge >= 0.3 is 0 Å². The number of aromatic nitrogens is 2. The van der Waals surface area contributed by atoms with Crippen LogP contribution in [0.2, 0.25) is 0 Å². The molecular weight excluding hydrogens is 248 g/mol. The number of hydrogen-bond acceptors (Lipinski definition) is 4. The number of aryl methyl sites for hydroxylation is 1. The molecule has 1 aliphatic heterocycles. The number of thioether (sulfide) groups is 1. The molecule has 1 amide bonds. The van der Waals surface area contributed by atoms with Crippen molar-refractivity contribution >= 4 is 17.7 Å². The summed E-state index contributed by atoms with van der Waals surface area (Å²) in [6.07, 6.45) is 6.07. The van der Waals surface area contributed by atoms with Gasteiger partial charge in [-0.05, 0) is 25.6 Å². The minimum absolute atomic E-state index is 0.0259. The molecule has 2 rings (SSSR count). The zero-order chi connectivity index (χ0) is 13.0. The first-order valence-electron chi connectivity index (χ1n) is 6.26. The van der Waals surface area contributed by atoms with E-state index in [2.05, 4.69) is 15.7 Å². The molecule has 2 atom stereocenters. The molecule has 1 aromatic heterocycles. The summed E-state index contributed by atoms with van der Waals surface area (Å²) in [5, 5.41) is 10.7. The molecule has 1 aliphatic rings. The molecule has 0 aliphatic carbocycles. The quantitative estimate of drug-likeness (QED) is 0.825. The number of carbonyl (C=O) groups excluding carboxylic acids is 1. The average Bonchev–Trinajstić information content (AvgIpc) is 2.99. The molecule has 2 heterocycles. The van der Waals surface area contributed by atoms with E-state index in [0.29, 0.717) is 5.25 Å². The highest BCUT2D eigenvalue weighted by atomic mass is 32.2. The number of rotatable bonds is 5. The van der Waals surface area contributed by atoms with Gasteiger partial charge in [0.15, 0.2) is 0 Å². The summed E-state index contributed by atoms with van der Waals surface area (Å²) >= 11 is 1.95. The summed E-state index contributed by atoms with van der Waals surface area (Å²) < 4.78 is 1.71. The standard InChI is InChI=1S/C12H20N4OS/c1-13-11(9-6-15-16(2)8-9)12(17)14-7-10-4-3-5-18-10/h6,8,10-11,13H,3-5,7H2,1-2H3,(H,14,17). The van der Waals surface area contributed by atoms with Crippen LogP contribution in [0.1, 0.15) is 24.4 Å². The van der Waals surface area contributed by atoms with Gasteiger partial charge in [0.05, 0.1) is 6.20 Å². The lowest BCUT2D eigenvalue weighted by Crippen LogP contribution is -2.38. The Morgan fingerprint density at radius 3 is 3.11 bits per heavy atom. The van der Waals surface area contributed by atoms with E-state index in [-0.39, 0.29) is 11.9 Å². The van der Waals surface area contributed by atoms with E-state index in [0.717, 1.165) is 12.1 Å². The molecule has 100 valence electrons. The van der Waals surface area contributed by atoms with Crippen LogP contribution in [-0.2, 0) is 11.8 Å². The lowest BCUT2D eigenvalue weighted by Gasteiger charge is -2.16. The Morgan fingerprint density at radius 2 is 2.56 bits per heavy atom. The monoisotopic (exact) mass is 268 g/mol. The number of amides is 1. The van der Waals surface area contributed by atoms with Gasteiger partial charge in [0.25, 0.3) is 0 Å². The van der Waals surface area contributed by atoms with E-state index >= 15 is 0 Å². The minimum Gasteiger partial charge on any atom is -0.353 e. The van der Waals surface area contributed by atoms with Crippen molar-refractivity contribution in [3.8, 4) is 0 Å². The Balaban J connectivity index is 1.89. The number of carbonyl (C=O) groups is 1. The van der Waals surface area contributed by atoms with Crippen molar-refractivity contribution in [3.05, 3.63) is 18.0 Å². The third-order valence-electron chi connectivity index (χ3n) is 3.14. The van der Waals surface area contributed by atoms with Gasteiger partial charge in [0.2, 0.25) is 5.91 Å². The van der Waals surface area contributed by atoms with Crippen LogP contribution in [0.4, 0.5) is 0 Å². The lowest BCUT2D eigenvalue weighted by molar-refractivity contribution is -0.123. The summed E-state index contributed by atoms with van der Waals surface area (Å²) in [5.41, 5.74) is 0.900. The normalized spacial score (nSPS) is 20.9. The first-order valence-corrected chi connectivity index (χ1v) is 7.30. The van der Waals surface area contributed by atoms with Crippen LogP contribution in [0, 0.1) is 0 Å². The average molecular weight is 268 g/mol. The third-order valence-corrected chi connectivity index (χ3v) is 4.54. The second-order valence-electron chi connectivity index (χ2n) is 4.55. The topological polar surface area (TPSA) is 59.0 Å². The van der Waals surface area contributed by atoms with Crippen molar-refractivity contribution < 1.29 is 4.79 Å². The first kappa shape index (κ1) is 13.4. The third kappa shape index (κ3) is 3.26. The minimum atomic E-state index is -0.315. The van der Waals surface area contributed by atoms with E-state index in [1.165, 1.54) is 18.6 Å². The number of hydrogen-bond donors (Lipinski definition) is 2. The van der Waals surface area contributed by atoms with Gasteiger partial charge in [-0.3, -0.25) is 9.48 Å². The van der Waals surface area contributed by atoms with Gasteiger partial charge in [-0.2, -0.15) is 16.9 Å². The SMILES string of the molecule is CNC(C(=O)NCC1CCCS1)c1cnn(C)c1. The fraction of sp³-hybridized carbons (Fsp3) is 0.667. The van der Waals surface area contributed by atoms with E-state index in [9.17, 15) is 4.79 Å². The van der Waals surface area contributed by atoms with E-state index in [1.807, 2.05) is 25.0 Å². The predicted molar refractivity (Wildman–Crippen MR) is 73.5 cm³/mol. The molecule has 2 unspecified atom stereocenters. The predicted octanol–water partition coefficient (Wildman–Crippen LogP) is 0.692. The van der Waals surface area contributed by atoms with Crippen LogP contribution in [0.5, 0.6) is 0 Å². The number of likely N-dealkylation sites (N-methyl/N-ethyl adjacent to an activating group) is 1. The van der Waals surface area contributed by atoms with Crippen molar-refractivity contribution in [1.82, 2.24) is 20.4 Å². The zero-order valence-electron chi connectivity index (χ0n) is 10.8. The van der Waals surface area contributed by atoms with Crippen molar-refractivity contribution in [2.45, 2.75) is 24.1 Å². The Morgan fingerprint density at radius 1 is 1.72 bits per heavy atom. The molecule has 5 nitrogen and oxygen atoms in total. The summed E-state index contributed by atoms with van der Waals surface area (Å²) in [6, 6.07) is -0.315. The highest BCUT2D eigenvalue weighted by Gasteiger charge is 2.22. The lowest BCUT2D eigenvalue weighted by atomic mass is 10.1. The van der Waals surface area contributed by atoms with Gasteiger partial charge in [0.1, 0.15) is 6.04 Å².